The SMILES string of the molecule is COc1cc(CNC(Cc2c[nH]c3ccccc23)C(=O)O)cc(Br)c1OC(C)C. The zero-order valence-corrected chi connectivity index (χ0v) is 18.2. The Morgan fingerprint density at radius 2 is 2.03 bits per heavy atom. The van der Waals surface area contributed by atoms with Gasteiger partial charge in [0.25, 0.3) is 0 Å². The normalized spacial score (nSPS) is 12.3. The molecule has 29 heavy (non-hydrogen) atoms. The molecule has 154 valence electrons. The Morgan fingerprint density at radius 3 is 2.72 bits per heavy atom. The number of carbonyl (C=O) groups is 1. The van der Waals surface area contributed by atoms with Gasteiger partial charge in [0, 0.05) is 30.1 Å². The first-order chi connectivity index (χ1) is 13.9. The number of carboxylic acid groups (broad SMARTS) is 1. The molecule has 1 heterocycles. The Hall–Kier alpha value is -2.51. The van der Waals surface area contributed by atoms with E-state index in [4.69, 9.17) is 9.47 Å². The summed E-state index contributed by atoms with van der Waals surface area (Å²) in [5.41, 5.74) is 2.87. The van der Waals surface area contributed by atoms with Crippen LogP contribution in [0.1, 0.15) is 25.0 Å². The number of nitrogens with one attached hydrogen (secondary N) is 2. The molecular weight excluding hydrogens is 436 g/mol. The largest absolute Gasteiger partial charge is 0.493 e. The van der Waals surface area contributed by atoms with Crippen molar-refractivity contribution in [2.45, 2.75) is 39.0 Å². The van der Waals surface area contributed by atoms with Crippen molar-refractivity contribution in [2.24, 2.45) is 0 Å². The summed E-state index contributed by atoms with van der Waals surface area (Å²) < 4.78 is 12.0. The first kappa shape index (κ1) is 21.2. The molecule has 6 nitrogen and oxygen atoms in total. The average molecular weight is 461 g/mol. The van der Waals surface area contributed by atoms with E-state index in [-0.39, 0.29) is 6.10 Å². The number of rotatable bonds is 9. The second-order valence-electron chi connectivity index (χ2n) is 7.11. The molecule has 7 heteroatoms. The number of aromatic nitrogens is 1. The molecule has 0 amide bonds. The minimum Gasteiger partial charge on any atom is -0.493 e. The maximum absolute atomic E-state index is 11.8. The van der Waals surface area contributed by atoms with Crippen LogP contribution >= 0.6 is 15.9 Å². The minimum atomic E-state index is -0.888. The van der Waals surface area contributed by atoms with E-state index in [1.165, 1.54) is 0 Å². The highest BCUT2D eigenvalue weighted by atomic mass is 79.9. The number of fused-ring (bicyclic) bond motifs is 1. The smallest absolute Gasteiger partial charge is 0.321 e. The van der Waals surface area contributed by atoms with Gasteiger partial charge in [-0.1, -0.05) is 18.2 Å². The fraction of sp³-hybridized carbons (Fsp3) is 0.318. The number of halogens is 1. The molecule has 0 aliphatic heterocycles. The summed E-state index contributed by atoms with van der Waals surface area (Å²) in [5, 5.41) is 13.9. The van der Waals surface area contributed by atoms with Crippen LogP contribution in [-0.4, -0.2) is 35.3 Å². The van der Waals surface area contributed by atoms with E-state index in [2.05, 4.69) is 26.2 Å². The number of H-pyrrole nitrogens is 1. The highest BCUT2D eigenvalue weighted by molar-refractivity contribution is 9.10. The Balaban J connectivity index is 1.75. The number of methoxy groups -OCH3 is 1. The van der Waals surface area contributed by atoms with Crippen LogP contribution < -0.4 is 14.8 Å². The van der Waals surface area contributed by atoms with E-state index in [1.807, 2.05) is 56.4 Å². The van der Waals surface area contributed by atoms with Crippen molar-refractivity contribution in [1.29, 1.82) is 0 Å². The highest BCUT2D eigenvalue weighted by Gasteiger charge is 2.20. The van der Waals surface area contributed by atoms with Gasteiger partial charge in [0.15, 0.2) is 11.5 Å². The van der Waals surface area contributed by atoms with E-state index in [9.17, 15) is 9.90 Å². The number of para-hydroxylation sites is 1. The monoisotopic (exact) mass is 460 g/mol. The molecule has 0 spiro atoms. The summed E-state index contributed by atoms with van der Waals surface area (Å²) in [7, 11) is 1.59. The van der Waals surface area contributed by atoms with Crippen molar-refractivity contribution < 1.29 is 19.4 Å². The standard InChI is InChI=1S/C22H25BrN2O4/c1-13(2)29-21-17(23)8-14(9-20(21)28-3)11-24-19(22(26)27)10-15-12-25-18-7-5-4-6-16(15)18/h4-9,12-13,19,24-25H,10-11H2,1-3H3,(H,26,27). The Morgan fingerprint density at radius 1 is 1.28 bits per heavy atom. The van der Waals surface area contributed by atoms with Crippen LogP contribution in [0, 0.1) is 0 Å². The van der Waals surface area contributed by atoms with Gasteiger partial charge in [0.05, 0.1) is 17.7 Å². The van der Waals surface area contributed by atoms with E-state index >= 15 is 0 Å². The molecule has 0 radical (unpaired) electrons. The average Bonchev–Trinajstić information content (AvgIpc) is 3.09. The van der Waals surface area contributed by atoms with Gasteiger partial charge >= 0.3 is 5.97 Å². The maximum atomic E-state index is 11.8. The Bertz CT molecular complexity index is 1000. The minimum absolute atomic E-state index is 0.0109. The molecular formula is C22H25BrN2O4. The first-order valence-electron chi connectivity index (χ1n) is 9.43. The fourth-order valence-electron chi connectivity index (χ4n) is 3.23. The molecule has 1 aromatic heterocycles. The molecule has 0 saturated heterocycles. The van der Waals surface area contributed by atoms with Crippen LogP contribution in [0.25, 0.3) is 10.9 Å². The second kappa shape index (κ2) is 9.33. The summed E-state index contributed by atoms with van der Waals surface area (Å²) in [6, 6.07) is 10.9. The third-order valence-corrected chi connectivity index (χ3v) is 5.18. The van der Waals surface area contributed by atoms with Gasteiger partial charge in [0.1, 0.15) is 6.04 Å². The molecule has 0 bridgehead atoms. The van der Waals surface area contributed by atoms with Gasteiger partial charge in [-0.25, -0.2) is 0 Å². The second-order valence-corrected chi connectivity index (χ2v) is 7.97. The third-order valence-electron chi connectivity index (χ3n) is 4.59. The van der Waals surface area contributed by atoms with Gasteiger partial charge in [-0.05, 0) is 59.1 Å². The number of hydrogen-bond donors (Lipinski definition) is 3. The molecule has 3 rings (SSSR count). The number of aliphatic carboxylic acids is 1. The van der Waals surface area contributed by atoms with Crippen molar-refractivity contribution in [2.75, 3.05) is 7.11 Å². The van der Waals surface area contributed by atoms with E-state index in [0.29, 0.717) is 24.5 Å². The highest BCUT2D eigenvalue weighted by Crippen LogP contribution is 2.37. The van der Waals surface area contributed by atoms with Gasteiger partial charge in [-0.2, -0.15) is 0 Å². The molecule has 3 aromatic rings. The topological polar surface area (TPSA) is 83.6 Å². The van der Waals surface area contributed by atoms with Crippen LogP contribution in [-0.2, 0) is 17.8 Å². The van der Waals surface area contributed by atoms with Crippen molar-refractivity contribution >= 4 is 32.8 Å². The predicted molar refractivity (Wildman–Crippen MR) is 117 cm³/mol. The summed E-state index contributed by atoms with van der Waals surface area (Å²) in [5.74, 6) is 0.356. The van der Waals surface area contributed by atoms with Crippen LogP contribution in [0.5, 0.6) is 11.5 Å². The van der Waals surface area contributed by atoms with Crippen LogP contribution in [0.4, 0.5) is 0 Å². The van der Waals surface area contributed by atoms with Crippen molar-refractivity contribution in [3.8, 4) is 11.5 Å². The predicted octanol–water partition coefficient (Wildman–Crippen LogP) is 4.51. The van der Waals surface area contributed by atoms with Crippen molar-refractivity contribution in [3.63, 3.8) is 0 Å². The van der Waals surface area contributed by atoms with Gasteiger partial charge in [0.2, 0.25) is 0 Å². The maximum Gasteiger partial charge on any atom is 0.321 e. The lowest BCUT2D eigenvalue weighted by Gasteiger charge is -2.18. The molecule has 1 unspecified atom stereocenters. The fourth-order valence-corrected chi connectivity index (χ4v) is 3.82. The lowest BCUT2D eigenvalue weighted by Crippen LogP contribution is -2.38. The number of hydrogen-bond acceptors (Lipinski definition) is 4. The van der Waals surface area contributed by atoms with E-state index in [1.54, 1.807) is 7.11 Å². The molecule has 3 N–H and O–H groups in total. The van der Waals surface area contributed by atoms with Gasteiger partial charge in [-0.3, -0.25) is 4.79 Å². The van der Waals surface area contributed by atoms with E-state index < -0.39 is 12.0 Å². The molecule has 2 aromatic carbocycles. The molecule has 0 saturated carbocycles. The van der Waals surface area contributed by atoms with Crippen LogP contribution in [0.2, 0.25) is 0 Å². The number of carboxylic acids is 1. The van der Waals surface area contributed by atoms with Crippen LogP contribution in [0.3, 0.4) is 0 Å². The van der Waals surface area contributed by atoms with Crippen molar-refractivity contribution in [1.82, 2.24) is 10.3 Å². The number of benzene rings is 2. The number of ether oxygens (including phenoxy) is 2. The number of aromatic amines is 1. The first-order valence-corrected chi connectivity index (χ1v) is 10.2. The van der Waals surface area contributed by atoms with Gasteiger partial charge < -0.3 is 24.9 Å². The van der Waals surface area contributed by atoms with Crippen LogP contribution in [0.15, 0.2) is 47.1 Å². The Labute approximate surface area is 178 Å². The molecule has 0 fully saturated rings. The summed E-state index contributed by atoms with van der Waals surface area (Å²) in [6.07, 6.45) is 2.27. The Kier molecular flexibility index (Phi) is 6.82. The zero-order chi connectivity index (χ0) is 21.0. The summed E-state index contributed by atoms with van der Waals surface area (Å²) in [4.78, 5) is 15.0. The zero-order valence-electron chi connectivity index (χ0n) is 16.7. The third kappa shape index (κ3) is 5.10. The lowest BCUT2D eigenvalue weighted by molar-refractivity contribution is -0.139. The van der Waals surface area contributed by atoms with Gasteiger partial charge in [-0.15, -0.1) is 0 Å². The molecule has 0 aliphatic carbocycles. The molecule has 0 aliphatic rings. The van der Waals surface area contributed by atoms with Crippen molar-refractivity contribution in [3.05, 3.63) is 58.2 Å². The summed E-state index contributed by atoms with van der Waals surface area (Å²) in [6.45, 7) is 4.28. The van der Waals surface area contributed by atoms with E-state index in [0.717, 1.165) is 26.5 Å². The quantitative estimate of drug-likeness (QED) is 0.437. The molecule has 1 atom stereocenters. The lowest BCUT2D eigenvalue weighted by atomic mass is 10.0. The summed E-state index contributed by atoms with van der Waals surface area (Å²) >= 11 is 3.53.